The van der Waals surface area contributed by atoms with Crippen molar-refractivity contribution in [2.24, 2.45) is 5.92 Å². The van der Waals surface area contributed by atoms with Crippen molar-refractivity contribution in [1.29, 1.82) is 0 Å². The minimum atomic E-state index is -0.378. The fourth-order valence-corrected chi connectivity index (χ4v) is 2.66. The molecule has 0 aliphatic rings. The van der Waals surface area contributed by atoms with Gasteiger partial charge in [0, 0.05) is 5.88 Å². The van der Waals surface area contributed by atoms with Crippen LogP contribution in [0.2, 0.25) is 5.02 Å². The summed E-state index contributed by atoms with van der Waals surface area (Å²) >= 11 is 11.9. The van der Waals surface area contributed by atoms with Gasteiger partial charge in [-0.3, -0.25) is 0 Å². The Kier molecular flexibility index (Phi) is 5.45. The standard InChI is InChI=1S/C17H17Cl2F/c1-12-2-4-13(5-3-12)8-15(11-18)9-14-6-7-17(20)16(19)10-14/h2-7,10,15H,8-9,11H2,1H3. The van der Waals surface area contributed by atoms with Gasteiger partial charge in [0.05, 0.1) is 5.02 Å². The highest BCUT2D eigenvalue weighted by atomic mass is 35.5. The molecule has 0 radical (unpaired) electrons. The first-order chi connectivity index (χ1) is 9.58. The van der Waals surface area contributed by atoms with Crippen LogP contribution in [-0.4, -0.2) is 5.88 Å². The minimum absolute atomic E-state index is 0.172. The van der Waals surface area contributed by atoms with Gasteiger partial charge in [0.1, 0.15) is 5.82 Å². The lowest BCUT2D eigenvalue weighted by Gasteiger charge is -2.14. The molecule has 1 unspecified atom stereocenters. The minimum Gasteiger partial charge on any atom is -0.205 e. The maximum atomic E-state index is 13.1. The number of rotatable bonds is 5. The number of aryl methyl sites for hydroxylation is 1. The Hall–Kier alpha value is -1.05. The highest BCUT2D eigenvalue weighted by molar-refractivity contribution is 6.30. The summed E-state index contributed by atoms with van der Waals surface area (Å²) < 4.78 is 13.1. The van der Waals surface area contributed by atoms with Crippen molar-refractivity contribution in [2.45, 2.75) is 19.8 Å². The molecule has 0 aliphatic carbocycles. The first-order valence-corrected chi connectivity index (χ1v) is 7.55. The van der Waals surface area contributed by atoms with Crippen LogP contribution in [0, 0.1) is 18.7 Å². The third-order valence-corrected chi connectivity index (χ3v) is 4.10. The second-order valence-electron chi connectivity index (χ2n) is 5.16. The van der Waals surface area contributed by atoms with Crippen molar-refractivity contribution in [1.82, 2.24) is 0 Å². The van der Waals surface area contributed by atoms with E-state index in [2.05, 4.69) is 31.2 Å². The van der Waals surface area contributed by atoms with E-state index in [4.69, 9.17) is 23.2 Å². The number of halogens is 3. The monoisotopic (exact) mass is 310 g/mol. The first kappa shape index (κ1) is 15.3. The second-order valence-corrected chi connectivity index (χ2v) is 5.88. The van der Waals surface area contributed by atoms with E-state index in [1.54, 1.807) is 12.1 Å². The molecule has 0 amide bonds. The van der Waals surface area contributed by atoms with E-state index >= 15 is 0 Å². The van der Waals surface area contributed by atoms with E-state index in [0.717, 1.165) is 18.4 Å². The molecule has 0 spiro atoms. The van der Waals surface area contributed by atoms with Crippen molar-refractivity contribution in [3.05, 3.63) is 70.0 Å². The average molecular weight is 311 g/mol. The third-order valence-electron chi connectivity index (χ3n) is 3.37. The van der Waals surface area contributed by atoms with Crippen molar-refractivity contribution in [2.75, 3.05) is 5.88 Å². The summed E-state index contributed by atoms with van der Waals surface area (Å²) in [7, 11) is 0. The van der Waals surface area contributed by atoms with Crippen LogP contribution in [-0.2, 0) is 12.8 Å². The van der Waals surface area contributed by atoms with Gasteiger partial charge >= 0.3 is 0 Å². The molecule has 0 heterocycles. The molecule has 0 saturated carbocycles. The topological polar surface area (TPSA) is 0 Å². The summed E-state index contributed by atoms with van der Waals surface area (Å²) in [4.78, 5) is 0. The van der Waals surface area contributed by atoms with Gasteiger partial charge in [-0.05, 0) is 48.9 Å². The number of hydrogen-bond donors (Lipinski definition) is 0. The average Bonchev–Trinajstić information content (AvgIpc) is 2.44. The summed E-state index contributed by atoms with van der Waals surface area (Å²) in [5.74, 6) is 0.514. The van der Waals surface area contributed by atoms with Gasteiger partial charge in [-0.2, -0.15) is 0 Å². The van der Waals surface area contributed by atoms with Gasteiger partial charge in [-0.15, -0.1) is 11.6 Å². The number of benzene rings is 2. The molecule has 2 aromatic carbocycles. The van der Waals surface area contributed by atoms with Crippen LogP contribution in [0.15, 0.2) is 42.5 Å². The van der Waals surface area contributed by atoms with Crippen LogP contribution in [0.5, 0.6) is 0 Å². The van der Waals surface area contributed by atoms with Crippen molar-refractivity contribution < 1.29 is 4.39 Å². The Morgan fingerprint density at radius 1 is 1.00 bits per heavy atom. The maximum Gasteiger partial charge on any atom is 0.141 e. The Labute approximate surface area is 129 Å². The van der Waals surface area contributed by atoms with Gasteiger partial charge < -0.3 is 0 Å². The lowest BCUT2D eigenvalue weighted by molar-refractivity contribution is 0.581. The van der Waals surface area contributed by atoms with Crippen LogP contribution in [0.25, 0.3) is 0 Å². The van der Waals surface area contributed by atoms with Crippen molar-refractivity contribution in [3.8, 4) is 0 Å². The summed E-state index contributed by atoms with van der Waals surface area (Å²) in [6.45, 7) is 2.07. The highest BCUT2D eigenvalue weighted by Crippen LogP contribution is 2.21. The molecular formula is C17H17Cl2F. The predicted molar refractivity (Wildman–Crippen MR) is 84.2 cm³/mol. The van der Waals surface area contributed by atoms with Gasteiger partial charge in [0.15, 0.2) is 0 Å². The number of alkyl halides is 1. The summed E-state index contributed by atoms with van der Waals surface area (Å²) in [5, 5.41) is 0.172. The third kappa shape index (κ3) is 4.22. The molecule has 3 heteroatoms. The van der Waals surface area contributed by atoms with Gasteiger partial charge in [-0.25, -0.2) is 4.39 Å². The maximum absolute atomic E-state index is 13.1. The zero-order valence-corrected chi connectivity index (χ0v) is 12.9. The molecule has 0 saturated heterocycles. The summed E-state index contributed by atoms with van der Waals surface area (Å²) in [5.41, 5.74) is 3.55. The Morgan fingerprint density at radius 2 is 1.60 bits per heavy atom. The summed E-state index contributed by atoms with van der Waals surface area (Å²) in [6.07, 6.45) is 1.72. The molecule has 106 valence electrons. The van der Waals surface area contributed by atoms with Crippen LogP contribution >= 0.6 is 23.2 Å². The van der Waals surface area contributed by atoms with E-state index in [-0.39, 0.29) is 10.8 Å². The van der Waals surface area contributed by atoms with Crippen LogP contribution < -0.4 is 0 Å². The molecular weight excluding hydrogens is 294 g/mol. The van der Waals surface area contributed by atoms with E-state index in [0.29, 0.717) is 11.8 Å². The SMILES string of the molecule is Cc1ccc(CC(CCl)Cc2ccc(F)c(Cl)c2)cc1. The quantitative estimate of drug-likeness (QED) is 0.646. The fourth-order valence-electron chi connectivity index (χ4n) is 2.24. The zero-order chi connectivity index (χ0) is 14.5. The van der Waals surface area contributed by atoms with Crippen molar-refractivity contribution >= 4 is 23.2 Å². The molecule has 1 atom stereocenters. The number of hydrogen-bond acceptors (Lipinski definition) is 0. The Bertz CT molecular complexity index is 564. The van der Waals surface area contributed by atoms with E-state index in [1.165, 1.54) is 17.2 Å². The second kappa shape index (κ2) is 7.10. The Balaban J connectivity index is 2.04. The Morgan fingerprint density at radius 3 is 2.20 bits per heavy atom. The predicted octanol–water partition coefficient (Wildman–Crippen LogP) is 5.43. The van der Waals surface area contributed by atoms with Gasteiger partial charge in [0.2, 0.25) is 0 Å². The lowest BCUT2D eigenvalue weighted by atomic mass is 9.94. The fraction of sp³-hybridized carbons (Fsp3) is 0.294. The van der Waals surface area contributed by atoms with Gasteiger partial charge in [0.25, 0.3) is 0 Å². The van der Waals surface area contributed by atoms with E-state index < -0.39 is 0 Å². The molecule has 0 bridgehead atoms. The molecule has 0 fully saturated rings. The molecule has 0 aromatic heterocycles. The van der Waals surface area contributed by atoms with Gasteiger partial charge in [-0.1, -0.05) is 47.5 Å². The van der Waals surface area contributed by atoms with Crippen LogP contribution in [0.4, 0.5) is 4.39 Å². The van der Waals surface area contributed by atoms with Crippen LogP contribution in [0.3, 0.4) is 0 Å². The normalized spacial score (nSPS) is 12.4. The lowest BCUT2D eigenvalue weighted by Crippen LogP contribution is -2.10. The smallest absolute Gasteiger partial charge is 0.141 e. The summed E-state index contributed by atoms with van der Waals surface area (Å²) in [6, 6.07) is 13.3. The molecule has 0 N–H and O–H groups in total. The largest absolute Gasteiger partial charge is 0.205 e. The van der Waals surface area contributed by atoms with E-state index in [9.17, 15) is 4.39 Å². The van der Waals surface area contributed by atoms with E-state index in [1.807, 2.05) is 0 Å². The van der Waals surface area contributed by atoms with Crippen LogP contribution in [0.1, 0.15) is 16.7 Å². The van der Waals surface area contributed by atoms with Crippen molar-refractivity contribution in [3.63, 3.8) is 0 Å². The first-order valence-electron chi connectivity index (χ1n) is 6.64. The molecule has 0 aliphatic heterocycles. The zero-order valence-electron chi connectivity index (χ0n) is 11.4. The molecule has 2 aromatic rings. The molecule has 0 nitrogen and oxygen atoms in total. The highest BCUT2D eigenvalue weighted by Gasteiger charge is 2.11. The molecule has 20 heavy (non-hydrogen) atoms. The molecule has 2 rings (SSSR count).